The van der Waals surface area contributed by atoms with Crippen molar-refractivity contribution in [2.45, 2.75) is 12.8 Å². The maximum atomic E-state index is 11.2. The summed E-state index contributed by atoms with van der Waals surface area (Å²) in [6, 6.07) is 0. The lowest BCUT2D eigenvalue weighted by Crippen LogP contribution is -2.41. The van der Waals surface area contributed by atoms with Crippen LogP contribution in [0.4, 0.5) is 0 Å². The highest BCUT2D eigenvalue weighted by Gasteiger charge is 2.10. The Kier molecular flexibility index (Phi) is 14.3. The monoisotopic (exact) mass is 360 g/mol. The fourth-order valence-corrected chi connectivity index (χ4v) is 2.22. The normalized spacial score (nSPS) is 11.4. The van der Waals surface area contributed by atoms with Gasteiger partial charge in [-0.2, -0.15) is 0 Å². The molecule has 0 aromatic carbocycles. The van der Waals surface area contributed by atoms with E-state index >= 15 is 0 Å². The highest BCUT2D eigenvalue weighted by atomic mass is 16.5. The molecule has 0 spiro atoms. The molecule has 0 saturated carbocycles. The first-order chi connectivity index (χ1) is 11.9. The van der Waals surface area contributed by atoms with Gasteiger partial charge in [0.1, 0.15) is 0 Å². The van der Waals surface area contributed by atoms with E-state index in [2.05, 4.69) is 29.5 Å². The summed E-state index contributed by atoms with van der Waals surface area (Å²) in [6.07, 6.45) is 0.833. The molecule has 148 valence electrons. The maximum absolute atomic E-state index is 11.2. The van der Waals surface area contributed by atoms with E-state index in [0.717, 1.165) is 39.3 Å². The molecule has 0 bridgehead atoms. The molecule has 0 aromatic heterocycles. The van der Waals surface area contributed by atoms with Gasteiger partial charge in [0.25, 0.3) is 0 Å². The summed E-state index contributed by atoms with van der Waals surface area (Å²) in [7, 11) is 8.81. The van der Waals surface area contributed by atoms with Crippen molar-refractivity contribution in [2.24, 2.45) is 0 Å². The Labute approximate surface area is 152 Å². The van der Waals surface area contributed by atoms with Gasteiger partial charge in [0.2, 0.25) is 0 Å². The van der Waals surface area contributed by atoms with E-state index in [9.17, 15) is 9.59 Å². The number of carbonyl (C=O) groups is 2. The van der Waals surface area contributed by atoms with Gasteiger partial charge in [0, 0.05) is 52.4 Å². The number of hydrogen-bond acceptors (Lipinski definition) is 8. The van der Waals surface area contributed by atoms with E-state index < -0.39 is 0 Å². The third kappa shape index (κ3) is 13.7. The van der Waals surface area contributed by atoms with Gasteiger partial charge in [-0.1, -0.05) is 0 Å². The average Bonchev–Trinajstić information content (AvgIpc) is 2.63. The zero-order chi connectivity index (χ0) is 19.1. The second-order valence-electron chi connectivity index (χ2n) is 6.20. The zero-order valence-corrected chi connectivity index (χ0v) is 16.5. The fraction of sp³-hybridized carbons (Fsp3) is 0.882. The van der Waals surface area contributed by atoms with Gasteiger partial charge in [-0.25, -0.2) is 0 Å². The lowest BCUT2D eigenvalue weighted by Gasteiger charge is -2.27. The molecule has 8 nitrogen and oxygen atoms in total. The number of nitrogens with one attached hydrogen (secondary N) is 1. The molecule has 1 N–H and O–H groups in total. The van der Waals surface area contributed by atoms with Crippen LogP contribution in [0.25, 0.3) is 0 Å². The first kappa shape index (κ1) is 23.8. The Morgan fingerprint density at radius 3 is 1.56 bits per heavy atom. The molecule has 0 aliphatic carbocycles. The van der Waals surface area contributed by atoms with E-state index in [1.807, 2.05) is 21.1 Å². The van der Waals surface area contributed by atoms with Crippen molar-refractivity contribution in [2.75, 3.05) is 87.7 Å². The lowest BCUT2D eigenvalue weighted by atomic mass is 10.3. The van der Waals surface area contributed by atoms with E-state index in [0.29, 0.717) is 25.9 Å². The van der Waals surface area contributed by atoms with E-state index in [4.69, 9.17) is 0 Å². The fourth-order valence-electron chi connectivity index (χ4n) is 2.22. The van der Waals surface area contributed by atoms with Crippen LogP contribution in [0.5, 0.6) is 0 Å². The predicted molar refractivity (Wildman–Crippen MR) is 98.6 cm³/mol. The maximum Gasteiger partial charge on any atom is 0.306 e. The number of carbonyl (C=O) groups excluding carboxylic acids is 2. The topological polar surface area (TPSA) is 74.4 Å². The van der Waals surface area contributed by atoms with Crippen molar-refractivity contribution in [1.82, 2.24) is 20.0 Å². The number of hydrogen-bond donors (Lipinski definition) is 1. The van der Waals surface area contributed by atoms with Crippen LogP contribution in [0.1, 0.15) is 12.8 Å². The molecule has 0 radical (unpaired) electrons. The van der Waals surface area contributed by atoms with Gasteiger partial charge in [0.15, 0.2) is 0 Å². The molecule has 0 aliphatic rings. The first-order valence-corrected chi connectivity index (χ1v) is 8.80. The summed E-state index contributed by atoms with van der Waals surface area (Å²) < 4.78 is 9.34. The summed E-state index contributed by atoms with van der Waals surface area (Å²) >= 11 is 0. The number of rotatable bonds is 15. The second-order valence-corrected chi connectivity index (χ2v) is 6.20. The van der Waals surface area contributed by atoms with E-state index in [-0.39, 0.29) is 11.9 Å². The van der Waals surface area contributed by atoms with Crippen molar-refractivity contribution < 1.29 is 19.1 Å². The molecule has 0 rings (SSSR count). The standard InChI is InChI=1S/C17H36N4O4/c1-18-8-11-21(14-12-19(2)9-6-16(22)24-4)15-13-20(3)10-7-17(23)25-5/h18H,6-15H2,1-5H3. The summed E-state index contributed by atoms with van der Waals surface area (Å²) in [6.45, 7) is 6.95. The van der Waals surface area contributed by atoms with Crippen LogP contribution < -0.4 is 5.32 Å². The largest absolute Gasteiger partial charge is 0.469 e. The molecular formula is C17H36N4O4. The van der Waals surface area contributed by atoms with E-state index in [1.54, 1.807) is 0 Å². The van der Waals surface area contributed by atoms with Crippen LogP contribution in [0, 0.1) is 0 Å². The highest BCUT2D eigenvalue weighted by molar-refractivity contribution is 5.69. The smallest absolute Gasteiger partial charge is 0.306 e. The molecule has 0 aromatic rings. The Morgan fingerprint density at radius 1 is 0.760 bits per heavy atom. The van der Waals surface area contributed by atoms with Crippen molar-refractivity contribution in [3.8, 4) is 0 Å². The molecule has 25 heavy (non-hydrogen) atoms. The molecular weight excluding hydrogens is 324 g/mol. The second kappa shape index (κ2) is 15.1. The van der Waals surface area contributed by atoms with Gasteiger partial charge in [-0.05, 0) is 21.1 Å². The molecule has 0 fully saturated rings. The quantitative estimate of drug-likeness (QED) is 0.392. The van der Waals surface area contributed by atoms with Gasteiger partial charge >= 0.3 is 11.9 Å². The van der Waals surface area contributed by atoms with Crippen LogP contribution in [0.15, 0.2) is 0 Å². The van der Waals surface area contributed by atoms with Crippen molar-refractivity contribution in [1.29, 1.82) is 0 Å². The van der Waals surface area contributed by atoms with Gasteiger partial charge in [-0.3, -0.25) is 14.5 Å². The van der Waals surface area contributed by atoms with Crippen molar-refractivity contribution in [3.05, 3.63) is 0 Å². The Morgan fingerprint density at radius 2 is 1.20 bits per heavy atom. The Balaban J connectivity index is 4.13. The number of nitrogens with zero attached hydrogens (tertiary/aromatic N) is 3. The van der Waals surface area contributed by atoms with Crippen LogP contribution in [0.2, 0.25) is 0 Å². The third-order valence-corrected chi connectivity index (χ3v) is 4.12. The number of esters is 2. The van der Waals surface area contributed by atoms with Gasteiger partial charge in [0.05, 0.1) is 27.1 Å². The Bertz CT molecular complexity index is 339. The van der Waals surface area contributed by atoms with Gasteiger partial charge in [-0.15, -0.1) is 0 Å². The molecule has 0 unspecified atom stereocenters. The number of ether oxygens (including phenoxy) is 2. The van der Waals surface area contributed by atoms with E-state index in [1.165, 1.54) is 14.2 Å². The highest BCUT2D eigenvalue weighted by Crippen LogP contribution is 1.96. The molecule has 0 atom stereocenters. The third-order valence-electron chi connectivity index (χ3n) is 4.12. The Hall–Kier alpha value is -1.22. The molecule has 8 heteroatoms. The summed E-state index contributed by atoms with van der Waals surface area (Å²) in [5.41, 5.74) is 0. The average molecular weight is 360 g/mol. The van der Waals surface area contributed by atoms with Crippen molar-refractivity contribution >= 4 is 11.9 Å². The minimum Gasteiger partial charge on any atom is -0.469 e. The minimum absolute atomic E-state index is 0.175. The lowest BCUT2D eigenvalue weighted by molar-refractivity contribution is -0.141. The number of likely N-dealkylation sites (N-methyl/N-ethyl adjacent to an activating group) is 3. The summed E-state index contributed by atoms with van der Waals surface area (Å²) in [4.78, 5) is 29.1. The zero-order valence-electron chi connectivity index (χ0n) is 16.5. The van der Waals surface area contributed by atoms with Crippen LogP contribution >= 0.6 is 0 Å². The van der Waals surface area contributed by atoms with Crippen LogP contribution in [0.3, 0.4) is 0 Å². The van der Waals surface area contributed by atoms with Gasteiger partial charge < -0.3 is 24.6 Å². The number of methoxy groups -OCH3 is 2. The molecule has 0 aliphatic heterocycles. The van der Waals surface area contributed by atoms with Crippen LogP contribution in [-0.4, -0.2) is 114 Å². The first-order valence-electron chi connectivity index (χ1n) is 8.80. The minimum atomic E-state index is -0.175. The molecule has 0 heterocycles. The molecule has 0 saturated heterocycles. The summed E-state index contributed by atoms with van der Waals surface area (Å²) in [5.74, 6) is -0.350. The predicted octanol–water partition coefficient (Wildman–Crippen LogP) is -0.502. The molecule has 0 amide bonds. The summed E-state index contributed by atoms with van der Waals surface area (Å²) in [5, 5.41) is 3.18. The van der Waals surface area contributed by atoms with Crippen LogP contribution in [-0.2, 0) is 19.1 Å². The van der Waals surface area contributed by atoms with Crippen molar-refractivity contribution in [3.63, 3.8) is 0 Å². The SMILES string of the molecule is CNCCN(CCN(C)CCC(=O)OC)CCN(C)CCC(=O)OC.